The summed E-state index contributed by atoms with van der Waals surface area (Å²) in [6.07, 6.45) is 12.2. The molecule has 2 atom stereocenters. The van der Waals surface area contributed by atoms with Gasteiger partial charge >= 0.3 is 0 Å². The first-order valence-corrected chi connectivity index (χ1v) is 15.6. The summed E-state index contributed by atoms with van der Waals surface area (Å²) in [5.41, 5.74) is 1.27. The molecule has 2 rings (SSSR count). The molecule has 9 heteroatoms. The van der Waals surface area contributed by atoms with Gasteiger partial charge in [0.25, 0.3) is 20.2 Å². The molecule has 1 aliphatic rings. The van der Waals surface area contributed by atoms with Crippen LogP contribution in [0.15, 0.2) is 54.1 Å². The van der Waals surface area contributed by atoms with Crippen molar-refractivity contribution in [2.75, 3.05) is 0 Å². The minimum Gasteiger partial charge on any atom is -0.300 e. The fraction of sp³-hybridized carbons (Fsp3) is 0.593. The second-order valence-electron chi connectivity index (χ2n) is 10.1. The Morgan fingerprint density at radius 1 is 0.806 bits per heavy atom. The molecule has 0 spiro atoms. The van der Waals surface area contributed by atoms with Crippen LogP contribution >= 0.6 is 0 Å². The highest BCUT2D eigenvalue weighted by Crippen LogP contribution is 2.36. The van der Waals surface area contributed by atoms with Crippen LogP contribution in [0.4, 0.5) is 0 Å². The molecule has 0 saturated heterocycles. The number of allylic oxidation sites excluding steroid dienone is 3. The number of hydrogen-bond acceptors (Lipinski definition) is 5. The van der Waals surface area contributed by atoms with Crippen LogP contribution in [-0.4, -0.2) is 36.5 Å². The Bertz CT molecular complexity index is 1140. The minimum atomic E-state index is -4.29. The zero-order valence-corrected chi connectivity index (χ0v) is 23.0. The number of ketones is 1. The van der Waals surface area contributed by atoms with Gasteiger partial charge in [-0.3, -0.25) is 13.9 Å². The summed E-state index contributed by atoms with van der Waals surface area (Å²) in [7, 11) is -8.54. The Morgan fingerprint density at radius 2 is 1.33 bits per heavy atom. The third-order valence-electron chi connectivity index (χ3n) is 7.44. The molecule has 2 N–H and O–H groups in total. The number of carbonyl (C=O) groups is 1. The van der Waals surface area contributed by atoms with Gasteiger partial charge in [0.2, 0.25) is 0 Å². The third-order valence-corrected chi connectivity index (χ3v) is 10.6. The topological polar surface area (TPSA) is 126 Å². The zero-order valence-electron chi connectivity index (χ0n) is 21.4. The fourth-order valence-corrected chi connectivity index (χ4v) is 6.50. The van der Waals surface area contributed by atoms with Crippen molar-refractivity contribution < 1.29 is 30.7 Å². The number of Topliss-reactive ketones (excluding diaryl/α,β-unsaturated/α-hetero) is 1. The number of unbranched alkanes of at least 4 members (excludes halogenated alkanes) is 4. The van der Waals surface area contributed by atoms with E-state index in [9.17, 15) is 30.7 Å². The Labute approximate surface area is 216 Å². The number of rotatable bonds is 16. The molecule has 1 aromatic rings. The largest absolute Gasteiger partial charge is 0.300 e. The van der Waals surface area contributed by atoms with Gasteiger partial charge < -0.3 is 0 Å². The summed E-state index contributed by atoms with van der Waals surface area (Å²) < 4.78 is 65.2. The van der Waals surface area contributed by atoms with E-state index in [0.717, 1.165) is 12.0 Å². The van der Waals surface area contributed by atoms with Crippen molar-refractivity contribution >= 4 is 26.0 Å². The van der Waals surface area contributed by atoms with Crippen molar-refractivity contribution in [3.63, 3.8) is 0 Å². The lowest BCUT2D eigenvalue weighted by Crippen LogP contribution is -2.37. The molecule has 7 nitrogen and oxygen atoms in total. The molecular formula is C27H40O7S2. The van der Waals surface area contributed by atoms with Crippen molar-refractivity contribution in [2.24, 2.45) is 0 Å². The maximum atomic E-state index is 12.3. The van der Waals surface area contributed by atoms with Crippen LogP contribution in [0.3, 0.4) is 0 Å². The predicted molar refractivity (Wildman–Crippen MR) is 143 cm³/mol. The first-order valence-electron chi connectivity index (χ1n) is 12.7. The van der Waals surface area contributed by atoms with E-state index in [0.29, 0.717) is 69.8 Å². The van der Waals surface area contributed by atoms with Gasteiger partial charge in [0.05, 0.1) is 0 Å². The normalized spacial score (nSPS) is 17.7. The van der Waals surface area contributed by atoms with Crippen molar-refractivity contribution in [3.8, 4) is 0 Å². The van der Waals surface area contributed by atoms with Crippen LogP contribution in [0.2, 0.25) is 0 Å². The summed E-state index contributed by atoms with van der Waals surface area (Å²) in [6, 6.07) is 8.66. The van der Waals surface area contributed by atoms with Crippen LogP contribution in [0, 0.1) is 0 Å². The van der Waals surface area contributed by atoms with Crippen LogP contribution < -0.4 is 0 Å². The van der Waals surface area contributed by atoms with Crippen LogP contribution in [0.5, 0.6) is 0 Å². The Hall–Kier alpha value is -1.81. The van der Waals surface area contributed by atoms with E-state index < -0.39 is 29.7 Å². The summed E-state index contributed by atoms with van der Waals surface area (Å²) >= 11 is 0. The quantitative estimate of drug-likeness (QED) is 0.189. The standard InChI is InChI=1S/C27H40O7S2/c1-26(35(29,30)31,23-15-7-3-8-16-23)21-13-5-11-19-25(28)20-12-6-14-22-27(2,36(32,33)34)24-17-9-4-10-18-24/h3-4,7-9,15-17H,5-6,10-14,18-22H2,1-2H3,(H,29,30,31)(H,32,33,34). The summed E-state index contributed by atoms with van der Waals surface area (Å²) in [5.74, 6) is 0.133. The lowest BCUT2D eigenvalue weighted by atomic mass is 9.88. The second kappa shape index (κ2) is 13.1. The van der Waals surface area contributed by atoms with Crippen molar-refractivity contribution in [2.45, 2.75) is 100 Å². The van der Waals surface area contributed by atoms with E-state index in [4.69, 9.17) is 0 Å². The maximum absolute atomic E-state index is 12.3. The average molecular weight is 541 g/mol. The molecule has 1 aliphatic carbocycles. The van der Waals surface area contributed by atoms with E-state index in [-0.39, 0.29) is 12.2 Å². The van der Waals surface area contributed by atoms with E-state index in [1.807, 2.05) is 12.2 Å². The number of benzene rings is 1. The van der Waals surface area contributed by atoms with Crippen molar-refractivity contribution in [1.29, 1.82) is 0 Å². The fourth-order valence-electron chi connectivity index (χ4n) is 4.76. The smallest absolute Gasteiger partial charge is 0.274 e. The Balaban J connectivity index is 1.71. The highest BCUT2D eigenvalue weighted by Gasteiger charge is 2.41. The predicted octanol–water partition coefficient (Wildman–Crippen LogP) is 6.18. The lowest BCUT2D eigenvalue weighted by Gasteiger charge is -2.30. The van der Waals surface area contributed by atoms with Crippen LogP contribution in [-0.2, 0) is 29.8 Å². The van der Waals surface area contributed by atoms with Crippen molar-refractivity contribution in [1.82, 2.24) is 0 Å². The highest BCUT2D eigenvalue weighted by atomic mass is 32.2. The lowest BCUT2D eigenvalue weighted by molar-refractivity contribution is -0.119. The molecule has 0 amide bonds. The number of carbonyl (C=O) groups excluding carboxylic acids is 1. The molecule has 0 aliphatic heterocycles. The van der Waals surface area contributed by atoms with Gasteiger partial charge in [-0.15, -0.1) is 0 Å². The maximum Gasteiger partial charge on any atom is 0.274 e. The molecule has 0 heterocycles. The van der Waals surface area contributed by atoms with Gasteiger partial charge in [-0.2, -0.15) is 16.8 Å². The first-order chi connectivity index (χ1) is 16.8. The van der Waals surface area contributed by atoms with Gasteiger partial charge in [-0.25, -0.2) is 0 Å². The Morgan fingerprint density at radius 3 is 1.81 bits per heavy atom. The summed E-state index contributed by atoms with van der Waals surface area (Å²) in [4.78, 5) is 12.3. The molecule has 2 unspecified atom stereocenters. The third kappa shape index (κ3) is 8.10. The SMILES string of the molecule is CC(CCCCCC(=O)CCCCCC(C)(c1ccccc1)S(=O)(=O)O)(C1=CC=CCC1)S(=O)(=O)O. The average Bonchev–Trinajstić information content (AvgIpc) is 2.83. The van der Waals surface area contributed by atoms with Gasteiger partial charge in [-0.05, 0) is 63.5 Å². The monoisotopic (exact) mass is 540 g/mol. The van der Waals surface area contributed by atoms with Crippen molar-refractivity contribution in [3.05, 3.63) is 59.7 Å². The minimum absolute atomic E-state index is 0.133. The van der Waals surface area contributed by atoms with Gasteiger partial charge in [0, 0.05) is 12.8 Å². The highest BCUT2D eigenvalue weighted by molar-refractivity contribution is 7.87. The molecule has 36 heavy (non-hydrogen) atoms. The Kier molecular flexibility index (Phi) is 11.1. The van der Waals surface area contributed by atoms with Gasteiger partial charge in [0.1, 0.15) is 15.3 Å². The van der Waals surface area contributed by atoms with Gasteiger partial charge in [-0.1, -0.05) is 74.2 Å². The molecule has 0 radical (unpaired) electrons. The van der Waals surface area contributed by atoms with Crippen LogP contribution in [0.1, 0.15) is 96.5 Å². The van der Waals surface area contributed by atoms with E-state index in [1.54, 1.807) is 43.3 Å². The van der Waals surface area contributed by atoms with E-state index in [1.165, 1.54) is 6.92 Å². The van der Waals surface area contributed by atoms with E-state index >= 15 is 0 Å². The molecule has 1 aromatic carbocycles. The number of hydrogen-bond donors (Lipinski definition) is 2. The molecule has 202 valence electrons. The van der Waals surface area contributed by atoms with E-state index in [2.05, 4.69) is 0 Å². The summed E-state index contributed by atoms with van der Waals surface area (Å²) in [5, 5.41) is 0. The molecule has 0 aromatic heterocycles. The molecule has 0 saturated carbocycles. The second-order valence-corrected chi connectivity index (χ2v) is 13.8. The first kappa shape index (κ1) is 30.4. The van der Waals surface area contributed by atoms with Crippen LogP contribution in [0.25, 0.3) is 0 Å². The molecular weight excluding hydrogens is 500 g/mol. The zero-order chi connectivity index (χ0) is 26.9. The summed E-state index contributed by atoms with van der Waals surface area (Å²) in [6.45, 7) is 3.10. The molecule has 0 bridgehead atoms. The van der Waals surface area contributed by atoms with Gasteiger partial charge in [0.15, 0.2) is 0 Å². The molecule has 0 fully saturated rings.